The minimum absolute atomic E-state index is 0.0445. The number of methoxy groups -OCH3 is 1. The molecule has 0 heterocycles. The highest BCUT2D eigenvalue weighted by Crippen LogP contribution is 2.17. The van der Waals surface area contributed by atoms with Gasteiger partial charge >= 0.3 is 0 Å². The number of benzene rings is 1. The minimum Gasteiger partial charge on any atom is -0.497 e. The van der Waals surface area contributed by atoms with Crippen molar-refractivity contribution < 1.29 is 9.84 Å². The molecule has 0 radical (unpaired) electrons. The van der Waals surface area contributed by atoms with Crippen molar-refractivity contribution in [3.05, 3.63) is 40.3 Å². The van der Waals surface area contributed by atoms with E-state index in [-0.39, 0.29) is 6.54 Å². The van der Waals surface area contributed by atoms with Crippen molar-refractivity contribution in [2.24, 2.45) is 5.11 Å². The second-order valence-corrected chi connectivity index (χ2v) is 2.70. The molecular formula is C9H11N3O2. The molecule has 5 heteroatoms. The lowest BCUT2D eigenvalue weighted by molar-refractivity contribution is 0.186. The maximum Gasteiger partial charge on any atom is 0.118 e. The maximum atomic E-state index is 9.51. The second kappa shape index (κ2) is 5.11. The Morgan fingerprint density at radius 1 is 1.50 bits per heavy atom. The van der Waals surface area contributed by atoms with Crippen LogP contribution in [0.15, 0.2) is 29.4 Å². The van der Waals surface area contributed by atoms with Crippen LogP contribution in [0.25, 0.3) is 10.4 Å². The first-order chi connectivity index (χ1) is 6.77. The van der Waals surface area contributed by atoms with E-state index in [1.165, 1.54) is 0 Å². The predicted octanol–water partition coefficient (Wildman–Crippen LogP) is 2.04. The quantitative estimate of drug-likeness (QED) is 0.451. The van der Waals surface area contributed by atoms with Gasteiger partial charge in [0.15, 0.2) is 0 Å². The summed E-state index contributed by atoms with van der Waals surface area (Å²) in [5.74, 6) is 0.727. The molecule has 0 fully saturated rings. The summed E-state index contributed by atoms with van der Waals surface area (Å²) in [7, 11) is 1.57. The van der Waals surface area contributed by atoms with Crippen LogP contribution in [0.5, 0.6) is 5.75 Å². The fraction of sp³-hybridized carbons (Fsp3) is 0.333. The Kier molecular flexibility index (Phi) is 3.79. The number of hydrogen-bond acceptors (Lipinski definition) is 3. The largest absolute Gasteiger partial charge is 0.497 e. The SMILES string of the molecule is COc1ccc([C@H](O)CN=[N+]=[N-])cc1. The molecule has 0 amide bonds. The maximum absolute atomic E-state index is 9.51. The Morgan fingerprint density at radius 3 is 2.64 bits per heavy atom. The van der Waals surface area contributed by atoms with Gasteiger partial charge in [0.2, 0.25) is 0 Å². The van der Waals surface area contributed by atoms with Crippen molar-refractivity contribution in [1.82, 2.24) is 0 Å². The molecule has 5 nitrogen and oxygen atoms in total. The van der Waals surface area contributed by atoms with E-state index in [9.17, 15) is 5.11 Å². The van der Waals surface area contributed by atoms with Gasteiger partial charge in [0.1, 0.15) is 5.75 Å². The number of aliphatic hydroxyl groups is 1. The summed E-state index contributed by atoms with van der Waals surface area (Å²) in [5, 5.41) is 12.8. The van der Waals surface area contributed by atoms with E-state index in [1.54, 1.807) is 31.4 Å². The van der Waals surface area contributed by atoms with Gasteiger partial charge in [-0.2, -0.15) is 0 Å². The second-order valence-electron chi connectivity index (χ2n) is 2.70. The molecule has 74 valence electrons. The molecule has 0 aliphatic heterocycles. The van der Waals surface area contributed by atoms with Crippen LogP contribution in [-0.4, -0.2) is 18.8 Å². The lowest BCUT2D eigenvalue weighted by Crippen LogP contribution is -2.00. The molecule has 1 rings (SSSR count). The fourth-order valence-corrected chi connectivity index (χ4v) is 1.05. The van der Waals surface area contributed by atoms with Gasteiger partial charge in [0.25, 0.3) is 0 Å². The first-order valence-electron chi connectivity index (χ1n) is 4.11. The van der Waals surface area contributed by atoms with E-state index < -0.39 is 6.10 Å². The number of nitrogens with zero attached hydrogens (tertiary/aromatic N) is 3. The molecule has 1 atom stereocenters. The van der Waals surface area contributed by atoms with Gasteiger partial charge in [0, 0.05) is 4.91 Å². The zero-order valence-electron chi connectivity index (χ0n) is 7.79. The minimum atomic E-state index is -0.753. The molecule has 0 bridgehead atoms. The normalized spacial score (nSPS) is 11.6. The van der Waals surface area contributed by atoms with Gasteiger partial charge in [-0.15, -0.1) is 0 Å². The highest BCUT2D eigenvalue weighted by molar-refractivity contribution is 5.28. The predicted molar refractivity (Wildman–Crippen MR) is 52.0 cm³/mol. The third kappa shape index (κ3) is 2.65. The van der Waals surface area contributed by atoms with E-state index >= 15 is 0 Å². The van der Waals surface area contributed by atoms with Gasteiger partial charge in [0.05, 0.1) is 19.8 Å². The standard InChI is InChI=1S/C9H11N3O2/c1-14-8-4-2-7(3-5-8)9(13)6-11-12-10/h2-5,9,13H,6H2,1H3/t9-/m1/s1. The van der Waals surface area contributed by atoms with Crippen LogP contribution >= 0.6 is 0 Å². The summed E-state index contributed by atoms with van der Waals surface area (Å²) in [5.41, 5.74) is 8.78. The summed E-state index contributed by atoms with van der Waals surface area (Å²) in [4.78, 5) is 2.58. The zero-order chi connectivity index (χ0) is 10.4. The molecule has 0 aliphatic rings. The van der Waals surface area contributed by atoms with Crippen molar-refractivity contribution in [3.8, 4) is 5.75 Å². The molecule has 0 spiro atoms. The van der Waals surface area contributed by atoms with Crippen LogP contribution in [0.4, 0.5) is 0 Å². The van der Waals surface area contributed by atoms with Crippen molar-refractivity contribution in [3.63, 3.8) is 0 Å². The lowest BCUT2D eigenvalue weighted by Gasteiger charge is -2.07. The number of rotatable bonds is 4. The smallest absolute Gasteiger partial charge is 0.118 e. The van der Waals surface area contributed by atoms with Gasteiger partial charge in [-0.3, -0.25) is 0 Å². The zero-order valence-corrected chi connectivity index (χ0v) is 7.79. The van der Waals surface area contributed by atoms with Crippen LogP contribution in [-0.2, 0) is 0 Å². The molecule has 14 heavy (non-hydrogen) atoms. The van der Waals surface area contributed by atoms with Gasteiger partial charge in [-0.05, 0) is 23.2 Å². The molecule has 1 aromatic carbocycles. The molecular weight excluding hydrogens is 182 g/mol. The Morgan fingerprint density at radius 2 is 2.14 bits per heavy atom. The topological polar surface area (TPSA) is 78.2 Å². The van der Waals surface area contributed by atoms with Crippen LogP contribution in [0, 0.1) is 0 Å². The first kappa shape index (κ1) is 10.4. The Balaban J connectivity index is 2.70. The van der Waals surface area contributed by atoms with Crippen LogP contribution in [0.3, 0.4) is 0 Å². The molecule has 0 saturated heterocycles. The number of hydrogen-bond donors (Lipinski definition) is 1. The average molecular weight is 193 g/mol. The number of azide groups is 1. The van der Waals surface area contributed by atoms with E-state index in [4.69, 9.17) is 10.3 Å². The van der Waals surface area contributed by atoms with Crippen LogP contribution < -0.4 is 4.74 Å². The van der Waals surface area contributed by atoms with E-state index in [0.29, 0.717) is 5.56 Å². The summed E-state index contributed by atoms with van der Waals surface area (Å²) in [6, 6.07) is 6.95. The highest BCUT2D eigenvalue weighted by atomic mass is 16.5. The number of aliphatic hydroxyl groups excluding tert-OH is 1. The Bertz CT molecular complexity index is 330. The fourth-order valence-electron chi connectivity index (χ4n) is 1.05. The van der Waals surface area contributed by atoms with E-state index in [0.717, 1.165) is 5.75 Å². The number of ether oxygens (including phenoxy) is 1. The van der Waals surface area contributed by atoms with Gasteiger partial charge in [-0.1, -0.05) is 17.2 Å². The Hall–Kier alpha value is -1.71. The summed E-state index contributed by atoms with van der Waals surface area (Å²) in [6.45, 7) is 0.0445. The van der Waals surface area contributed by atoms with Crippen molar-refractivity contribution in [1.29, 1.82) is 0 Å². The van der Waals surface area contributed by atoms with Crippen molar-refractivity contribution in [2.45, 2.75) is 6.10 Å². The van der Waals surface area contributed by atoms with Gasteiger partial charge in [-0.25, -0.2) is 0 Å². The van der Waals surface area contributed by atoms with Crippen molar-refractivity contribution >= 4 is 0 Å². The van der Waals surface area contributed by atoms with Gasteiger partial charge < -0.3 is 9.84 Å². The third-order valence-electron chi connectivity index (χ3n) is 1.82. The van der Waals surface area contributed by atoms with Crippen LogP contribution in [0.2, 0.25) is 0 Å². The molecule has 1 aromatic rings. The summed E-state index contributed by atoms with van der Waals surface area (Å²) < 4.78 is 4.97. The Labute approximate surface area is 81.6 Å². The lowest BCUT2D eigenvalue weighted by atomic mass is 10.1. The first-order valence-corrected chi connectivity index (χ1v) is 4.11. The average Bonchev–Trinajstić information content (AvgIpc) is 2.26. The van der Waals surface area contributed by atoms with Crippen molar-refractivity contribution in [2.75, 3.05) is 13.7 Å². The molecule has 0 saturated carbocycles. The monoisotopic (exact) mass is 193 g/mol. The van der Waals surface area contributed by atoms with E-state index in [1.807, 2.05) is 0 Å². The molecule has 0 aliphatic carbocycles. The van der Waals surface area contributed by atoms with Crippen LogP contribution in [0.1, 0.15) is 11.7 Å². The highest BCUT2D eigenvalue weighted by Gasteiger charge is 2.05. The van der Waals surface area contributed by atoms with E-state index in [2.05, 4.69) is 10.0 Å². The molecule has 0 aromatic heterocycles. The summed E-state index contributed by atoms with van der Waals surface area (Å²) in [6.07, 6.45) is -0.753. The molecule has 0 unspecified atom stereocenters. The molecule has 1 N–H and O–H groups in total. The third-order valence-corrected chi connectivity index (χ3v) is 1.82. The summed E-state index contributed by atoms with van der Waals surface area (Å²) >= 11 is 0.